The van der Waals surface area contributed by atoms with Gasteiger partial charge in [0.05, 0.1) is 18.2 Å². The van der Waals surface area contributed by atoms with E-state index in [1.807, 2.05) is 6.07 Å². The lowest BCUT2D eigenvalue weighted by molar-refractivity contribution is 0.0600. The number of nitrogens with zero attached hydrogens (tertiary/aromatic N) is 1. The first-order valence-electron chi connectivity index (χ1n) is 4.00. The minimum Gasteiger partial charge on any atom is -0.465 e. The number of esters is 1. The average Bonchev–Trinajstić information content (AvgIpc) is 2.27. The van der Waals surface area contributed by atoms with Gasteiger partial charge in [0.25, 0.3) is 0 Å². The number of alkyl halides is 1. The molecule has 0 saturated heterocycles. The van der Waals surface area contributed by atoms with Crippen molar-refractivity contribution in [2.75, 3.05) is 7.11 Å². The van der Waals surface area contributed by atoms with E-state index < -0.39 is 5.97 Å². The number of ether oxygens (including phenoxy) is 1. The fourth-order valence-electron chi connectivity index (χ4n) is 1.09. The van der Waals surface area contributed by atoms with Crippen LogP contribution in [0.5, 0.6) is 0 Å². The van der Waals surface area contributed by atoms with Gasteiger partial charge in [0.1, 0.15) is 6.07 Å². The van der Waals surface area contributed by atoms with Crippen molar-refractivity contribution in [1.82, 2.24) is 0 Å². The van der Waals surface area contributed by atoms with Crippen molar-refractivity contribution in [3.63, 3.8) is 0 Å². The molecule has 0 aliphatic carbocycles. The Hall–Kier alpha value is -1.24. The summed E-state index contributed by atoms with van der Waals surface area (Å²) in [6.07, 6.45) is 0. The van der Waals surface area contributed by atoms with Gasteiger partial charge in [-0.1, -0.05) is 11.6 Å². The fraction of sp³-hybridized carbons (Fsp3) is 0.200. The monoisotopic (exact) mass is 243 g/mol. The largest absolute Gasteiger partial charge is 0.465 e. The molecule has 15 heavy (non-hydrogen) atoms. The Bertz CT molecular complexity index is 438. The number of benzene rings is 1. The molecule has 78 valence electrons. The Morgan fingerprint density at radius 3 is 2.73 bits per heavy atom. The summed E-state index contributed by atoms with van der Waals surface area (Å²) >= 11 is 11.5. The van der Waals surface area contributed by atoms with Crippen molar-refractivity contribution in [3.05, 3.63) is 33.8 Å². The predicted octanol–water partition coefficient (Wildman–Crippen LogP) is 2.74. The smallest absolute Gasteiger partial charge is 0.339 e. The molecule has 0 amide bonds. The number of carbonyl (C=O) groups is 1. The van der Waals surface area contributed by atoms with Crippen molar-refractivity contribution in [3.8, 4) is 6.07 Å². The van der Waals surface area contributed by atoms with E-state index in [1.165, 1.54) is 19.2 Å². The molecule has 0 N–H and O–H groups in total. The highest BCUT2D eigenvalue weighted by Crippen LogP contribution is 2.23. The van der Waals surface area contributed by atoms with Crippen molar-refractivity contribution >= 4 is 29.2 Å². The standard InChI is InChI=1S/C10H7Cl2NO2/c1-15-10(14)8-3-9(12)6(4-11)2-7(8)5-13/h2-3H,4H2,1H3. The summed E-state index contributed by atoms with van der Waals surface area (Å²) in [5.74, 6) is -0.399. The van der Waals surface area contributed by atoms with Crippen LogP contribution in [0.2, 0.25) is 5.02 Å². The molecule has 0 aliphatic rings. The molecule has 1 aromatic carbocycles. The van der Waals surface area contributed by atoms with E-state index in [0.29, 0.717) is 10.6 Å². The van der Waals surface area contributed by atoms with Gasteiger partial charge in [-0.15, -0.1) is 11.6 Å². The Morgan fingerprint density at radius 1 is 1.60 bits per heavy atom. The molecule has 0 unspecified atom stereocenters. The van der Waals surface area contributed by atoms with Crippen LogP contribution >= 0.6 is 23.2 Å². The Balaban J connectivity index is 3.35. The Morgan fingerprint density at radius 2 is 2.27 bits per heavy atom. The maximum Gasteiger partial charge on any atom is 0.339 e. The molecule has 0 radical (unpaired) electrons. The number of rotatable bonds is 2. The average molecular weight is 244 g/mol. The highest BCUT2D eigenvalue weighted by molar-refractivity contribution is 6.32. The zero-order valence-corrected chi connectivity index (χ0v) is 9.39. The maximum absolute atomic E-state index is 11.3. The van der Waals surface area contributed by atoms with E-state index in [-0.39, 0.29) is 17.0 Å². The molecule has 0 bridgehead atoms. The zero-order valence-electron chi connectivity index (χ0n) is 7.88. The SMILES string of the molecule is COC(=O)c1cc(Cl)c(CCl)cc1C#N. The molecule has 5 heteroatoms. The van der Waals surface area contributed by atoms with Crippen molar-refractivity contribution < 1.29 is 9.53 Å². The second-order valence-electron chi connectivity index (χ2n) is 2.73. The maximum atomic E-state index is 11.3. The summed E-state index contributed by atoms with van der Waals surface area (Å²) in [5.41, 5.74) is 0.975. The molecule has 0 aromatic heterocycles. The van der Waals surface area contributed by atoms with E-state index in [1.54, 1.807) is 0 Å². The summed E-state index contributed by atoms with van der Waals surface area (Å²) in [7, 11) is 1.24. The number of hydrogen-bond donors (Lipinski definition) is 0. The molecule has 0 saturated carbocycles. The van der Waals surface area contributed by atoms with Crippen molar-refractivity contribution in [2.24, 2.45) is 0 Å². The summed E-state index contributed by atoms with van der Waals surface area (Å²) in [4.78, 5) is 11.3. The number of nitriles is 1. The summed E-state index contributed by atoms with van der Waals surface area (Å²) in [5, 5.41) is 9.18. The van der Waals surface area contributed by atoms with Gasteiger partial charge in [-0.25, -0.2) is 4.79 Å². The predicted molar refractivity (Wildman–Crippen MR) is 57.1 cm³/mol. The molecular weight excluding hydrogens is 237 g/mol. The number of methoxy groups -OCH3 is 1. The third kappa shape index (κ3) is 2.41. The first-order chi connectivity index (χ1) is 7.13. The molecule has 1 aromatic rings. The van der Waals surface area contributed by atoms with Crippen LogP contribution in [-0.4, -0.2) is 13.1 Å². The summed E-state index contributed by atoms with van der Waals surface area (Å²) in [6.45, 7) is 0. The topological polar surface area (TPSA) is 50.1 Å². The summed E-state index contributed by atoms with van der Waals surface area (Å²) < 4.78 is 4.53. The number of hydrogen-bond acceptors (Lipinski definition) is 3. The van der Waals surface area contributed by atoms with Gasteiger partial charge < -0.3 is 4.74 Å². The highest BCUT2D eigenvalue weighted by atomic mass is 35.5. The van der Waals surface area contributed by atoms with Crippen LogP contribution in [0.15, 0.2) is 12.1 Å². The van der Waals surface area contributed by atoms with Crippen LogP contribution in [0.4, 0.5) is 0 Å². The van der Waals surface area contributed by atoms with Crippen LogP contribution in [-0.2, 0) is 10.6 Å². The molecule has 0 heterocycles. The van der Waals surface area contributed by atoms with E-state index in [9.17, 15) is 4.79 Å². The van der Waals surface area contributed by atoms with Crippen LogP contribution in [0, 0.1) is 11.3 Å². The quantitative estimate of drug-likeness (QED) is 0.593. The summed E-state index contributed by atoms with van der Waals surface area (Å²) in [6, 6.07) is 4.77. The molecule has 0 aliphatic heterocycles. The molecule has 1 rings (SSSR count). The lowest BCUT2D eigenvalue weighted by Gasteiger charge is -2.05. The van der Waals surface area contributed by atoms with Gasteiger partial charge in [-0.2, -0.15) is 5.26 Å². The lowest BCUT2D eigenvalue weighted by Crippen LogP contribution is -2.05. The van der Waals surface area contributed by atoms with Gasteiger partial charge in [0.15, 0.2) is 0 Å². The fourth-order valence-corrected chi connectivity index (χ4v) is 1.61. The van der Waals surface area contributed by atoms with Crippen molar-refractivity contribution in [1.29, 1.82) is 5.26 Å². The van der Waals surface area contributed by atoms with Gasteiger partial charge in [0, 0.05) is 10.9 Å². The lowest BCUT2D eigenvalue weighted by atomic mass is 10.1. The molecule has 0 atom stereocenters. The second kappa shape index (κ2) is 5.01. The zero-order chi connectivity index (χ0) is 11.4. The van der Waals surface area contributed by atoms with E-state index in [2.05, 4.69) is 4.74 Å². The minimum atomic E-state index is -0.588. The van der Waals surface area contributed by atoms with Crippen LogP contribution < -0.4 is 0 Å². The Labute approximate surface area is 97.2 Å². The van der Waals surface area contributed by atoms with E-state index in [0.717, 1.165) is 0 Å². The number of carbonyl (C=O) groups excluding carboxylic acids is 1. The Kier molecular flexibility index (Phi) is 3.96. The normalized spacial score (nSPS) is 9.47. The van der Waals surface area contributed by atoms with E-state index >= 15 is 0 Å². The molecular formula is C10H7Cl2NO2. The van der Waals surface area contributed by atoms with Gasteiger partial charge in [-0.3, -0.25) is 0 Å². The first-order valence-corrected chi connectivity index (χ1v) is 4.92. The number of halogens is 2. The van der Waals surface area contributed by atoms with Gasteiger partial charge >= 0.3 is 5.97 Å². The van der Waals surface area contributed by atoms with Crippen molar-refractivity contribution in [2.45, 2.75) is 5.88 Å². The third-order valence-electron chi connectivity index (χ3n) is 1.86. The molecule has 0 spiro atoms. The van der Waals surface area contributed by atoms with Crippen LogP contribution in [0.3, 0.4) is 0 Å². The van der Waals surface area contributed by atoms with Gasteiger partial charge in [-0.05, 0) is 17.7 Å². The third-order valence-corrected chi connectivity index (χ3v) is 2.50. The molecule has 0 fully saturated rings. The van der Waals surface area contributed by atoms with Crippen LogP contribution in [0.25, 0.3) is 0 Å². The molecule has 3 nitrogen and oxygen atoms in total. The van der Waals surface area contributed by atoms with Crippen LogP contribution in [0.1, 0.15) is 21.5 Å². The second-order valence-corrected chi connectivity index (χ2v) is 3.40. The minimum absolute atomic E-state index is 0.152. The first kappa shape index (κ1) is 11.8. The van der Waals surface area contributed by atoms with E-state index in [4.69, 9.17) is 28.5 Å². The van der Waals surface area contributed by atoms with Gasteiger partial charge in [0.2, 0.25) is 0 Å². The highest BCUT2D eigenvalue weighted by Gasteiger charge is 2.14.